The Hall–Kier alpha value is -2.93. The lowest BCUT2D eigenvalue weighted by Gasteiger charge is -2.31. The number of fused-ring (bicyclic) bond motifs is 2. The number of aromatic amines is 1. The Morgan fingerprint density at radius 2 is 2.06 bits per heavy atom. The van der Waals surface area contributed by atoms with Crippen molar-refractivity contribution in [1.82, 2.24) is 9.88 Å². The van der Waals surface area contributed by atoms with Gasteiger partial charge in [-0.05, 0) is 81.1 Å². The van der Waals surface area contributed by atoms with E-state index in [2.05, 4.69) is 16.8 Å². The maximum atomic E-state index is 14.2. The standard InChI is InChI=1S/C26H31F2N3O2/c1-2-10-31(11-4-3-5-18-14-30-24-9-6-19(27)13-21(18)24)15-17-12-22-20(26(29)32)7-8-23(28)25(22)33-16-17/h6-9,13-14,17,30H,2-5,10-12,15-16H2,1H3,(H2,29,32). The fraction of sp³-hybridized carbons (Fsp3) is 0.423. The first-order valence-electron chi connectivity index (χ1n) is 11.7. The van der Waals surface area contributed by atoms with Crippen molar-refractivity contribution in [3.63, 3.8) is 0 Å². The summed E-state index contributed by atoms with van der Waals surface area (Å²) in [5.41, 5.74) is 8.53. The highest BCUT2D eigenvalue weighted by Gasteiger charge is 2.28. The number of hydrogen-bond acceptors (Lipinski definition) is 3. The van der Waals surface area contributed by atoms with Gasteiger partial charge in [-0.25, -0.2) is 8.78 Å². The molecule has 0 bridgehead atoms. The number of nitrogens with zero attached hydrogens (tertiary/aromatic N) is 1. The maximum Gasteiger partial charge on any atom is 0.249 e. The van der Waals surface area contributed by atoms with Crippen molar-refractivity contribution in [1.29, 1.82) is 0 Å². The molecule has 4 rings (SSSR count). The van der Waals surface area contributed by atoms with Gasteiger partial charge < -0.3 is 20.4 Å². The molecular weight excluding hydrogens is 424 g/mol. The van der Waals surface area contributed by atoms with E-state index >= 15 is 0 Å². The van der Waals surface area contributed by atoms with Crippen LogP contribution in [0.5, 0.6) is 5.75 Å². The minimum Gasteiger partial charge on any atom is -0.490 e. The predicted molar refractivity (Wildman–Crippen MR) is 126 cm³/mol. The summed E-state index contributed by atoms with van der Waals surface area (Å²) >= 11 is 0. The number of carbonyl (C=O) groups is 1. The monoisotopic (exact) mass is 455 g/mol. The molecule has 3 N–H and O–H groups in total. The van der Waals surface area contributed by atoms with Crippen molar-refractivity contribution in [2.75, 3.05) is 26.2 Å². The summed E-state index contributed by atoms with van der Waals surface area (Å²) in [7, 11) is 0. The molecule has 7 heteroatoms. The number of carbonyl (C=O) groups excluding carboxylic acids is 1. The summed E-state index contributed by atoms with van der Waals surface area (Å²) in [6.07, 6.45) is 6.50. The van der Waals surface area contributed by atoms with E-state index in [0.717, 1.165) is 61.8 Å². The fourth-order valence-electron chi connectivity index (χ4n) is 4.84. The molecule has 1 aromatic heterocycles. The first kappa shape index (κ1) is 23.2. The van der Waals surface area contributed by atoms with E-state index in [-0.39, 0.29) is 17.5 Å². The number of amides is 1. The molecule has 0 radical (unpaired) electrons. The SMILES string of the molecule is CCCN(CCCCc1c[nH]c2ccc(F)cc12)CC1COc2c(F)ccc(C(N)=O)c2C1. The second-order valence-corrected chi connectivity index (χ2v) is 8.91. The van der Waals surface area contributed by atoms with Crippen molar-refractivity contribution in [2.45, 2.75) is 39.0 Å². The number of H-pyrrole nitrogens is 1. The molecule has 0 saturated carbocycles. The van der Waals surface area contributed by atoms with Gasteiger partial charge in [0, 0.05) is 40.7 Å². The number of aromatic nitrogens is 1. The molecule has 2 aromatic carbocycles. The van der Waals surface area contributed by atoms with E-state index in [1.807, 2.05) is 6.20 Å². The molecule has 0 aliphatic carbocycles. The Morgan fingerprint density at radius 1 is 1.21 bits per heavy atom. The summed E-state index contributed by atoms with van der Waals surface area (Å²) in [6, 6.07) is 7.53. The van der Waals surface area contributed by atoms with Gasteiger partial charge in [-0.15, -0.1) is 0 Å². The molecular formula is C26H31F2N3O2. The van der Waals surface area contributed by atoms with Crippen LogP contribution in [0.1, 0.15) is 47.7 Å². The first-order valence-corrected chi connectivity index (χ1v) is 11.7. The lowest BCUT2D eigenvalue weighted by atomic mass is 9.92. The number of rotatable bonds is 10. The van der Waals surface area contributed by atoms with E-state index in [1.54, 1.807) is 12.1 Å². The number of ether oxygens (including phenoxy) is 1. The molecule has 1 amide bonds. The van der Waals surface area contributed by atoms with Gasteiger partial charge >= 0.3 is 0 Å². The molecule has 1 aliphatic heterocycles. The van der Waals surface area contributed by atoms with Gasteiger partial charge in [-0.3, -0.25) is 4.79 Å². The third-order valence-electron chi connectivity index (χ3n) is 6.39. The number of nitrogens with two attached hydrogens (primary N) is 1. The summed E-state index contributed by atoms with van der Waals surface area (Å²) in [4.78, 5) is 17.4. The molecule has 1 aliphatic rings. The number of hydrogen-bond donors (Lipinski definition) is 2. The van der Waals surface area contributed by atoms with E-state index in [1.165, 1.54) is 18.2 Å². The van der Waals surface area contributed by atoms with Gasteiger partial charge in [-0.2, -0.15) is 0 Å². The largest absolute Gasteiger partial charge is 0.490 e. The minimum absolute atomic E-state index is 0.166. The average Bonchev–Trinajstić information content (AvgIpc) is 3.18. The zero-order valence-corrected chi connectivity index (χ0v) is 19.0. The van der Waals surface area contributed by atoms with Crippen molar-refractivity contribution in [3.8, 4) is 5.75 Å². The summed E-state index contributed by atoms with van der Waals surface area (Å²) in [5.74, 6) is -0.887. The molecule has 5 nitrogen and oxygen atoms in total. The van der Waals surface area contributed by atoms with Crippen LogP contribution < -0.4 is 10.5 Å². The van der Waals surface area contributed by atoms with Crippen LogP contribution in [-0.2, 0) is 12.8 Å². The van der Waals surface area contributed by atoms with Crippen molar-refractivity contribution in [3.05, 3.63) is 64.9 Å². The van der Waals surface area contributed by atoms with Crippen molar-refractivity contribution >= 4 is 16.8 Å². The number of aryl methyl sites for hydroxylation is 1. The molecule has 0 saturated heterocycles. The van der Waals surface area contributed by atoms with Crippen LogP contribution in [0.3, 0.4) is 0 Å². The smallest absolute Gasteiger partial charge is 0.249 e. The molecule has 2 heterocycles. The molecule has 0 fully saturated rings. The van der Waals surface area contributed by atoms with Gasteiger partial charge in [0.15, 0.2) is 11.6 Å². The van der Waals surface area contributed by atoms with Gasteiger partial charge in [-0.1, -0.05) is 6.92 Å². The van der Waals surface area contributed by atoms with Gasteiger partial charge in [0.2, 0.25) is 5.91 Å². The summed E-state index contributed by atoms with van der Waals surface area (Å²) in [6.45, 7) is 5.31. The Kier molecular flexibility index (Phi) is 7.28. The Bertz CT molecular complexity index is 1130. The van der Waals surface area contributed by atoms with E-state index in [0.29, 0.717) is 24.2 Å². The maximum absolute atomic E-state index is 14.2. The first-order chi connectivity index (χ1) is 16.0. The number of halogens is 2. The second kappa shape index (κ2) is 10.3. The zero-order valence-electron chi connectivity index (χ0n) is 19.0. The van der Waals surface area contributed by atoms with Gasteiger partial charge in [0.25, 0.3) is 0 Å². The molecule has 33 heavy (non-hydrogen) atoms. The highest BCUT2D eigenvalue weighted by molar-refractivity contribution is 5.95. The number of benzene rings is 2. The third-order valence-corrected chi connectivity index (χ3v) is 6.39. The Balaban J connectivity index is 1.33. The van der Waals surface area contributed by atoms with Crippen LogP contribution in [-0.4, -0.2) is 42.0 Å². The normalized spacial score (nSPS) is 15.6. The third kappa shape index (κ3) is 5.36. The number of primary amides is 1. The molecule has 176 valence electrons. The quantitative estimate of drug-likeness (QED) is 0.430. The predicted octanol–water partition coefficient (Wildman–Crippen LogP) is 4.83. The number of unbranched alkanes of at least 4 members (excludes halogenated alkanes) is 1. The van der Waals surface area contributed by atoms with Gasteiger partial charge in [0.1, 0.15) is 5.82 Å². The van der Waals surface area contributed by atoms with Gasteiger partial charge in [0.05, 0.1) is 6.61 Å². The van der Waals surface area contributed by atoms with Crippen LogP contribution >= 0.6 is 0 Å². The topological polar surface area (TPSA) is 71.3 Å². The molecule has 1 unspecified atom stereocenters. The van der Waals surface area contributed by atoms with Crippen LogP contribution in [0.15, 0.2) is 36.5 Å². The van der Waals surface area contributed by atoms with Crippen molar-refractivity contribution in [2.24, 2.45) is 11.7 Å². The number of nitrogens with one attached hydrogen (secondary N) is 1. The molecule has 1 atom stereocenters. The highest BCUT2D eigenvalue weighted by atomic mass is 19.1. The lowest BCUT2D eigenvalue weighted by molar-refractivity contribution is 0.0995. The van der Waals surface area contributed by atoms with E-state index in [9.17, 15) is 13.6 Å². The van der Waals surface area contributed by atoms with Crippen LogP contribution in [0.2, 0.25) is 0 Å². The lowest BCUT2D eigenvalue weighted by Crippen LogP contribution is -2.37. The minimum atomic E-state index is -0.557. The van der Waals surface area contributed by atoms with E-state index < -0.39 is 11.7 Å². The van der Waals surface area contributed by atoms with Crippen LogP contribution in [0, 0.1) is 17.6 Å². The van der Waals surface area contributed by atoms with Crippen molar-refractivity contribution < 1.29 is 18.3 Å². The van der Waals surface area contributed by atoms with Crippen LogP contribution in [0.25, 0.3) is 10.9 Å². The second-order valence-electron chi connectivity index (χ2n) is 8.91. The zero-order chi connectivity index (χ0) is 23.4. The van der Waals surface area contributed by atoms with E-state index in [4.69, 9.17) is 10.5 Å². The molecule has 3 aromatic rings. The summed E-state index contributed by atoms with van der Waals surface area (Å²) < 4.78 is 33.5. The highest BCUT2D eigenvalue weighted by Crippen LogP contribution is 2.33. The fourth-order valence-corrected chi connectivity index (χ4v) is 4.84. The van der Waals surface area contributed by atoms with Crippen LogP contribution in [0.4, 0.5) is 8.78 Å². The summed E-state index contributed by atoms with van der Waals surface area (Å²) in [5, 5.41) is 0.955. The Labute approximate surface area is 192 Å². The average molecular weight is 456 g/mol. The Morgan fingerprint density at radius 3 is 2.85 bits per heavy atom. The molecule has 0 spiro atoms.